The summed E-state index contributed by atoms with van der Waals surface area (Å²) in [6.45, 7) is 5.04. The van der Waals surface area contributed by atoms with E-state index in [0.29, 0.717) is 12.8 Å². The van der Waals surface area contributed by atoms with E-state index < -0.39 is 0 Å². The molecule has 2 aliphatic heterocycles. The van der Waals surface area contributed by atoms with Gasteiger partial charge in [0.25, 0.3) is 5.91 Å². The van der Waals surface area contributed by atoms with Crippen LogP contribution in [0.5, 0.6) is 0 Å². The number of aromatic nitrogens is 1. The third-order valence-corrected chi connectivity index (χ3v) is 6.18. The first-order chi connectivity index (χ1) is 13.1. The summed E-state index contributed by atoms with van der Waals surface area (Å²) in [6, 6.07) is 5.90. The number of hydrogen-bond acceptors (Lipinski definition) is 4. The number of carbonyl (C=O) groups excluding carboxylic acids is 2. The maximum absolute atomic E-state index is 12.5. The van der Waals surface area contributed by atoms with Gasteiger partial charge in [-0.25, -0.2) is 0 Å². The van der Waals surface area contributed by atoms with Gasteiger partial charge in [0.2, 0.25) is 5.91 Å². The highest BCUT2D eigenvalue weighted by Crippen LogP contribution is 2.40. The van der Waals surface area contributed by atoms with Crippen LogP contribution in [0.3, 0.4) is 0 Å². The number of hydrogen-bond donors (Lipinski definition) is 0. The van der Waals surface area contributed by atoms with E-state index in [1.54, 1.807) is 13.3 Å². The molecule has 0 aliphatic carbocycles. The van der Waals surface area contributed by atoms with E-state index in [4.69, 9.17) is 4.74 Å². The number of likely N-dealkylation sites (tertiary alicyclic amines) is 2. The van der Waals surface area contributed by atoms with E-state index in [9.17, 15) is 9.59 Å². The summed E-state index contributed by atoms with van der Waals surface area (Å²) >= 11 is 0. The molecule has 6 nitrogen and oxygen atoms in total. The van der Waals surface area contributed by atoms with E-state index in [2.05, 4.69) is 4.98 Å². The van der Waals surface area contributed by atoms with E-state index in [1.807, 2.05) is 34.9 Å². The predicted octanol–water partition coefficient (Wildman–Crippen LogP) is 2.28. The molecule has 0 bridgehead atoms. The molecule has 2 aliphatic rings. The summed E-state index contributed by atoms with van der Waals surface area (Å²) in [6.07, 6.45) is 6.44. The SMILES string of the molecule is CCC(OC)C(=O)N1CCC2(CCC(=O)N(CCc3ccccn3)C2)CC1. The quantitative estimate of drug-likeness (QED) is 0.767. The van der Waals surface area contributed by atoms with Crippen molar-refractivity contribution in [2.24, 2.45) is 5.41 Å². The fourth-order valence-corrected chi connectivity index (χ4v) is 4.36. The molecule has 0 N–H and O–H groups in total. The summed E-state index contributed by atoms with van der Waals surface area (Å²) in [4.78, 5) is 33.3. The number of pyridine rings is 1. The lowest BCUT2D eigenvalue weighted by Gasteiger charge is -2.47. The highest BCUT2D eigenvalue weighted by Gasteiger charge is 2.42. The van der Waals surface area contributed by atoms with Crippen LogP contribution in [0.4, 0.5) is 0 Å². The van der Waals surface area contributed by atoms with Crippen molar-refractivity contribution in [2.75, 3.05) is 33.3 Å². The van der Waals surface area contributed by atoms with Crippen molar-refractivity contribution in [3.63, 3.8) is 0 Å². The molecular weight excluding hydrogens is 342 g/mol. The van der Waals surface area contributed by atoms with E-state index in [1.165, 1.54) is 0 Å². The zero-order chi connectivity index (χ0) is 19.3. The second-order valence-electron chi connectivity index (χ2n) is 7.84. The Morgan fingerprint density at radius 2 is 2.07 bits per heavy atom. The number of nitrogens with zero attached hydrogens (tertiary/aromatic N) is 3. The maximum atomic E-state index is 12.5. The van der Waals surface area contributed by atoms with Crippen LogP contribution >= 0.6 is 0 Å². The van der Waals surface area contributed by atoms with Crippen molar-refractivity contribution in [1.82, 2.24) is 14.8 Å². The molecule has 2 saturated heterocycles. The zero-order valence-electron chi connectivity index (χ0n) is 16.5. The molecule has 1 spiro atoms. The van der Waals surface area contributed by atoms with Gasteiger partial charge in [0.15, 0.2) is 0 Å². The van der Waals surface area contributed by atoms with E-state index in [0.717, 1.165) is 57.6 Å². The molecule has 1 unspecified atom stereocenters. The summed E-state index contributed by atoms with van der Waals surface area (Å²) in [7, 11) is 1.60. The molecule has 2 fully saturated rings. The van der Waals surface area contributed by atoms with Crippen LogP contribution in [0.25, 0.3) is 0 Å². The standard InChI is InChI=1S/C21H31N3O3/c1-3-18(27-2)20(26)23-14-10-21(11-15-23)9-7-19(25)24(16-21)13-8-17-6-4-5-12-22-17/h4-6,12,18H,3,7-11,13-16H2,1-2H3. The molecule has 0 radical (unpaired) electrons. The van der Waals surface area contributed by atoms with Crippen LogP contribution in [0.15, 0.2) is 24.4 Å². The van der Waals surface area contributed by atoms with Crippen molar-refractivity contribution in [1.29, 1.82) is 0 Å². The van der Waals surface area contributed by atoms with Crippen LogP contribution in [-0.4, -0.2) is 66.0 Å². The molecule has 6 heteroatoms. The molecule has 1 atom stereocenters. The van der Waals surface area contributed by atoms with Crippen molar-refractivity contribution in [3.8, 4) is 0 Å². The summed E-state index contributed by atoms with van der Waals surface area (Å²) in [5.74, 6) is 0.356. The lowest BCUT2D eigenvalue weighted by atomic mass is 9.72. The van der Waals surface area contributed by atoms with Gasteiger partial charge in [0, 0.05) is 58.0 Å². The van der Waals surface area contributed by atoms with Gasteiger partial charge in [-0.15, -0.1) is 0 Å². The zero-order valence-corrected chi connectivity index (χ0v) is 16.5. The van der Waals surface area contributed by atoms with Crippen LogP contribution in [-0.2, 0) is 20.7 Å². The van der Waals surface area contributed by atoms with Gasteiger partial charge >= 0.3 is 0 Å². The third kappa shape index (κ3) is 4.67. The predicted molar refractivity (Wildman–Crippen MR) is 103 cm³/mol. The van der Waals surface area contributed by atoms with E-state index in [-0.39, 0.29) is 23.3 Å². The minimum absolute atomic E-state index is 0.105. The monoisotopic (exact) mass is 373 g/mol. The molecular formula is C21H31N3O3. The second kappa shape index (κ2) is 8.83. The Kier molecular flexibility index (Phi) is 6.47. The lowest BCUT2D eigenvalue weighted by Crippen LogP contribution is -2.54. The van der Waals surface area contributed by atoms with Gasteiger partial charge in [-0.1, -0.05) is 13.0 Å². The number of amides is 2. The largest absolute Gasteiger partial charge is 0.372 e. The first kappa shape index (κ1) is 19.8. The van der Waals surface area contributed by atoms with Gasteiger partial charge in [-0.2, -0.15) is 0 Å². The molecule has 148 valence electrons. The Morgan fingerprint density at radius 3 is 2.70 bits per heavy atom. The van der Waals surface area contributed by atoms with Gasteiger partial charge in [-0.3, -0.25) is 14.6 Å². The smallest absolute Gasteiger partial charge is 0.251 e. The second-order valence-corrected chi connectivity index (χ2v) is 7.84. The van der Waals surface area contributed by atoms with Gasteiger partial charge in [0.1, 0.15) is 6.10 Å². The Labute approximate surface area is 161 Å². The van der Waals surface area contributed by atoms with Crippen LogP contribution in [0.2, 0.25) is 0 Å². The van der Waals surface area contributed by atoms with Gasteiger partial charge in [0.05, 0.1) is 0 Å². The first-order valence-corrected chi connectivity index (χ1v) is 10.1. The highest BCUT2D eigenvalue weighted by atomic mass is 16.5. The Balaban J connectivity index is 1.56. The Hall–Kier alpha value is -1.95. The van der Waals surface area contributed by atoms with Gasteiger partial charge < -0.3 is 14.5 Å². The van der Waals surface area contributed by atoms with Crippen LogP contribution in [0, 0.1) is 5.41 Å². The Bertz CT molecular complexity index is 637. The maximum Gasteiger partial charge on any atom is 0.251 e. The topological polar surface area (TPSA) is 62.7 Å². The minimum Gasteiger partial charge on any atom is -0.372 e. The number of piperidine rings is 2. The molecule has 1 aromatic heterocycles. The molecule has 0 aromatic carbocycles. The van der Waals surface area contributed by atoms with Crippen molar-refractivity contribution >= 4 is 11.8 Å². The number of ether oxygens (including phenoxy) is 1. The average Bonchev–Trinajstić information content (AvgIpc) is 2.71. The first-order valence-electron chi connectivity index (χ1n) is 10.1. The molecule has 2 amide bonds. The fourth-order valence-electron chi connectivity index (χ4n) is 4.36. The molecule has 3 heterocycles. The lowest BCUT2D eigenvalue weighted by molar-refractivity contribution is -0.148. The number of methoxy groups -OCH3 is 1. The minimum atomic E-state index is -0.332. The average molecular weight is 373 g/mol. The van der Waals surface area contributed by atoms with Crippen LogP contribution in [0.1, 0.15) is 44.7 Å². The van der Waals surface area contributed by atoms with Crippen molar-refractivity contribution in [3.05, 3.63) is 30.1 Å². The summed E-state index contributed by atoms with van der Waals surface area (Å²) in [5, 5.41) is 0. The number of rotatable bonds is 6. The third-order valence-electron chi connectivity index (χ3n) is 6.18. The molecule has 0 saturated carbocycles. The van der Waals surface area contributed by atoms with E-state index >= 15 is 0 Å². The fraction of sp³-hybridized carbons (Fsp3) is 0.667. The number of carbonyl (C=O) groups is 2. The summed E-state index contributed by atoms with van der Waals surface area (Å²) < 4.78 is 5.31. The van der Waals surface area contributed by atoms with Crippen molar-refractivity contribution < 1.29 is 14.3 Å². The van der Waals surface area contributed by atoms with Gasteiger partial charge in [-0.05, 0) is 43.2 Å². The summed E-state index contributed by atoms with van der Waals surface area (Å²) in [5.41, 5.74) is 1.18. The van der Waals surface area contributed by atoms with Crippen LogP contribution < -0.4 is 0 Å². The Morgan fingerprint density at radius 1 is 1.30 bits per heavy atom. The van der Waals surface area contributed by atoms with Crippen molar-refractivity contribution in [2.45, 2.75) is 51.6 Å². The highest BCUT2D eigenvalue weighted by molar-refractivity contribution is 5.81. The normalized spacial score (nSPS) is 20.7. The molecule has 1 aromatic rings. The molecule has 27 heavy (non-hydrogen) atoms. The molecule has 3 rings (SSSR count).